The number of hydrogen-bond donors (Lipinski definition) is 1. The van der Waals surface area contributed by atoms with Gasteiger partial charge in [-0.15, -0.1) is 0 Å². The second-order valence-corrected chi connectivity index (χ2v) is 8.15. The maximum atomic E-state index is 12.0. The Morgan fingerprint density at radius 2 is 1.82 bits per heavy atom. The summed E-state index contributed by atoms with van der Waals surface area (Å²) in [7, 11) is -3.06. The lowest BCUT2D eigenvalue weighted by molar-refractivity contribution is 0.383. The Balaban J connectivity index is 1.77. The molecule has 0 spiro atoms. The van der Waals surface area contributed by atoms with E-state index >= 15 is 0 Å². The predicted octanol–water partition coefficient (Wildman–Crippen LogP) is 2.66. The fourth-order valence-corrected chi connectivity index (χ4v) is 4.88. The first kappa shape index (κ1) is 13.8. The van der Waals surface area contributed by atoms with Gasteiger partial charge in [-0.3, -0.25) is 0 Å². The Kier molecular flexibility index (Phi) is 4.53. The SMILES string of the molecule is O=S(=O)(CC1CCCCC1)NCC1(CBr)CC1. The van der Waals surface area contributed by atoms with Crippen LogP contribution in [0.4, 0.5) is 0 Å². The van der Waals surface area contributed by atoms with Gasteiger partial charge in [0.05, 0.1) is 5.75 Å². The standard InChI is InChI=1S/C12H22BrNO2S/c13-9-12(6-7-12)10-14-17(15,16)8-11-4-2-1-3-5-11/h11,14H,1-10H2. The fourth-order valence-electron chi connectivity index (χ4n) is 2.52. The van der Waals surface area contributed by atoms with Crippen molar-refractivity contribution < 1.29 is 8.42 Å². The zero-order valence-corrected chi connectivity index (χ0v) is 12.7. The van der Waals surface area contributed by atoms with E-state index in [1.165, 1.54) is 19.3 Å². The van der Waals surface area contributed by atoms with Crippen LogP contribution >= 0.6 is 15.9 Å². The van der Waals surface area contributed by atoms with Crippen molar-refractivity contribution in [3.63, 3.8) is 0 Å². The topological polar surface area (TPSA) is 46.2 Å². The molecule has 2 saturated carbocycles. The third-order valence-electron chi connectivity index (χ3n) is 4.09. The zero-order valence-electron chi connectivity index (χ0n) is 10.3. The summed E-state index contributed by atoms with van der Waals surface area (Å²) in [5.41, 5.74) is 0.222. The molecule has 0 unspecified atom stereocenters. The maximum absolute atomic E-state index is 12.0. The van der Waals surface area contributed by atoms with Crippen molar-refractivity contribution in [2.75, 3.05) is 17.6 Å². The molecule has 0 aromatic heterocycles. The lowest BCUT2D eigenvalue weighted by atomic mass is 9.91. The van der Waals surface area contributed by atoms with Gasteiger partial charge in [0.15, 0.2) is 0 Å². The fraction of sp³-hybridized carbons (Fsp3) is 1.00. The number of alkyl halides is 1. The molecule has 1 N–H and O–H groups in total. The second-order valence-electron chi connectivity index (χ2n) is 5.74. The van der Waals surface area contributed by atoms with E-state index in [9.17, 15) is 8.42 Å². The molecule has 0 saturated heterocycles. The number of rotatable bonds is 6. The zero-order chi connectivity index (χ0) is 12.4. The van der Waals surface area contributed by atoms with Crippen molar-refractivity contribution in [2.45, 2.75) is 44.9 Å². The Bertz CT molecular complexity index is 346. The third-order valence-corrected chi connectivity index (χ3v) is 6.77. The van der Waals surface area contributed by atoms with Crippen LogP contribution in [0.1, 0.15) is 44.9 Å². The minimum absolute atomic E-state index is 0.222. The molecule has 2 rings (SSSR count). The smallest absolute Gasteiger partial charge is 0.211 e. The molecule has 3 nitrogen and oxygen atoms in total. The maximum Gasteiger partial charge on any atom is 0.211 e. The summed E-state index contributed by atoms with van der Waals surface area (Å²) in [5.74, 6) is 0.728. The molecule has 0 aromatic carbocycles. The molecular formula is C12H22BrNO2S. The summed E-state index contributed by atoms with van der Waals surface area (Å²) >= 11 is 3.46. The normalized spacial score (nSPS) is 24.8. The molecule has 2 aliphatic rings. The molecule has 5 heteroatoms. The first-order valence-electron chi connectivity index (χ1n) is 6.59. The molecule has 0 bridgehead atoms. The van der Waals surface area contributed by atoms with Crippen LogP contribution in [0.15, 0.2) is 0 Å². The predicted molar refractivity (Wildman–Crippen MR) is 73.8 cm³/mol. The van der Waals surface area contributed by atoms with Gasteiger partial charge in [-0.2, -0.15) is 0 Å². The molecule has 0 radical (unpaired) electrons. The van der Waals surface area contributed by atoms with Crippen molar-refractivity contribution in [1.29, 1.82) is 0 Å². The lowest BCUT2D eigenvalue weighted by Gasteiger charge is -2.22. The van der Waals surface area contributed by atoms with Crippen LogP contribution in [-0.2, 0) is 10.0 Å². The monoisotopic (exact) mass is 323 g/mol. The van der Waals surface area contributed by atoms with Crippen LogP contribution in [0.5, 0.6) is 0 Å². The summed E-state index contributed by atoms with van der Waals surface area (Å²) < 4.78 is 26.7. The van der Waals surface area contributed by atoms with Gasteiger partial charge in [0.1, 0.15) is 0 Å². The van der Waals surface area contributed by atoms with Crippen molar-refractivity contribution >= 4 is 26.0 Å². The van der Waals surface area contributed by atoms with Gasteiger partial charge in [-0.1, -0.05) is 35.2 Å². The van der Waals surface area contributed by atoms with E-state index in [4.69, 9.17) is 0 Å². The van der Waals surface area contributed by atoms with E-state index < -0.39 is 10.0 Å². The summed E-state index contributed by atoms with van der Waals surface area (Å²) in [5, 5.41) is 0.909. The van der Waals surface area contributed by atoms with Gasteiger partial charge < -0.3 is 0 Å². The van der Waals surface area contributed by atoms with E-state index in [2.05, 4.69) is 20.7 Å². The van der Waals surface area contributed by atoms with Crippen molar-refractivity contribution in [3.05, 3.63) is 0 Å². The molecular weight excluding hydrogens is 302 g/mol. The minimum Gasteiger partial charge on any atom is -0.215 e. The largest absolute Gasteiger partial charge is 0.215 e. The van der Waals surface area contributed by atoms with Gasteiger partial charge in [0.25, 0.3) is 0 Å². The highest BCUT2D eigenvalue weighted by molar-refractivity contribution is 9.09. The quantitative estimate of drug-likeness (QED) is 0.764. The van der Waals surface area contributed by atoms with E-state index in [1.54, 1.807) is 0 Å². The molecule has 0 atom stereocenters. The van der Waals surface area contributed by atoms with E-state index in [0.717, 1.165) is 31.0 Å². The van der Waals surface area contributed by atoms with Crippen LogP contribution in [0, 0.1) is 11.3 Å². The average Bonchev–Trinajstić information content (AvgIpc) is 3.08. The van der Waals surface area contributed by atoms with Crippen LogP contribution in [0.3, 0.4) is 0 Å². The van der Waals surface area contributed by atoms with Crippen LogP contribution < -0.4 is 4.72 Å². The Morgan fingerprint density at radius 3 is 2.35 bits per heavy atom. The second kappa shape index (κ2) is 5.57. The Labute approximate surface area is 113 Å². The minimum atomic E-state index is -3.06. The van der Waals surface area contributed by atoms with Crippen LogP contribution in [-0.4, -0.2) is 26.0 Å². The molecule has 2 fully saturated rings. The van der Waals surface area contributed by atoms with Crippen LogP contribution in [0.25, 0.3) is 0 Å². The molecule has 100 valence electrons. The molecule has 0 aromatic rings. The van der Waals surface area contributed by atoms with Crippen molar-refractivity contribution in [3.8, 4) is 0 Å². The van der Waals surface area contributed by atoms with Crippen molar-refractivity contribution in [2.24, 2.45) is 11.3 Å². The number of halogens is 1. The summed E-state index contributed by atoms with van der Waals surface area (Å²) in [6.45, 7) is 0.618. The first-order valence-corrected chi connectivity index (χ1v) is 9.36. The average molecular weight is 324 g/mol. The highest BCUT2D eigenvalue weighted by Crippen LogP contribution is 2.46. The highest BCUT2D eigenvalue weighted by atomic mass is 79.9. The lowest BCUT2D eigenvalue weighted by Crippen LogP contribution is -2.35. The number of hydrogen-bond acceptors (Lipinski definition) is 2. The summed E-state index contributed by atoms with van der Waals surface area (Å²) in [6, 6.07) is 0. The van der Waals surface area contributed by atoms with E-state index in [-0.39, 0.29) is 5.41 Å². The van der Waals surface area contributed by atoms with Gasteiger partial charge in [-0.25, -0.2) is 13.1 Å². The highest BCUT2D eigenvalue weighted by Gasteiger charge is 2.42. The van der Waals surface area contributed by atoms with E-state index in [0.29, 0.717) is 18.2 Å². The molecule has 0 aliphatic heterocycles. The third kappa shape index (κ3) is 4.21. The summed E-state index contributed by atoms with van der Waals surface area (Å²) in [4.78, 5) is 0. The molecule has 2 aliphatic carbocycles. The first-order chi connectivity index (χ1) is 8.05. The Hall–Kier alpha value is 0.390. The van der Waals surface area contributed by atoms with E-state index in [1.807, 2.05) is 0 Å². The van der Waals surface area contributed by atoms with Gasteiger partial charge in [0, 0.05) is 11.9 Å². The number of sulfonamides is 1. The molecule has 0 amide bonds. The van der Waals surface area contributed by atoms with Crippen LogP contribution in [0.2, 0.25) is 0 Å². The molecule has 0 heterocycles. The Morgan fingerprint density at radius 1 is 1.18 bits per heavy atom. The van der Waals surface area contributed by atoms with Gasteiger partial charge in [0.2, 0.25) is 10.0 Å². The van der Waals surface area contributed by atoms with Crippen molar-refractivity contribution in [1.82, 2.24) is 4.72 Å². The molecule has 17 heavy (non-hydrogen) atoms. The number of nitrogens with one attached hydrogen (secondary N) is 1. The summed E-state index contributed by atoms with van der Waals surface area (Å²) in [6.07, 6.45) is 8.14. The van der Waals surface area contributed by atoms with Gasteiger partial charge >= 0.3 is 0 Å². The van der Waals surface area contributed by atoms with Gasteiger partial charge in [-0.05, 0) is 37.0 Å².